The highest BCUT2D eigenvalue weighted by Gasteiger charge is 2.33. The van der Waals surface area contributed by atoms with Crippen LogP contribution >= 0.6 is 11.6 Å². The molecule has 3 rings (SSSR count). The molecule has 2 aromatic rings. The van der Waals surface area contributed by atoms with Crippen molar-refractivity contribution >= 4 is 17.6 Å². The van der Waals surface area contributed by atoms with Crippen LogP contribution in [0, 0.1) is 5.92 Å². The molecule has 27 heavy (non-hydrogen) atoms. The molecule has 2 N–H and O–H groups in total. The van der Waals surface area contributed by atoms with E-state index in [9.17, 15) is 4.79 Å². The SMILES string of the molecule is COc1ccc(OC)c([C@H](C)NC(=O)N[C@@H](c2ccc(Cl)cc2)C2CC2)c1. The third kappa shape index (κ3) is 4.86. The first-order chi connectivity index (χ1) is 13.0. The van der Waals surface area contributed by atoms with Crippen molar-refractivity contribution in [3.63, 3.8) is 0 Å². The number of hydrogen-bond donors (Lipinski definition) is 2. The molecule has 2 amide bonds. The van der Waals surface area contributed by atoms with Gasteiger partial charge in [0.2, 0.25) is 0 Å². The summed E-state index contributed by atoms with van der Waals surface area (Å²) in [7, 11) is 3.23. The summed E-state index contributed by atoms with van der Waals surface area (Å²) in [5.41, 5.74) is 1.94. The number of hydrogen-bond acceptors (Lipinski definition) is 3. The van der Waals surface area contributed by atoms with Gasteiger partial charge >= 0.3 is 6.03 Å². The monoisotopic (exact) mass is 388 g/mol. The summed E-state index contributed by atoms with van der Waals surface area (Å²) in [4.78, 5) is 12.6. The van der Waals surface area contributed by atoms with Gasteiger partial charge in [-0.25, -0.2) is 4.79 Å². The van der Waals surface area contributed by atoms with E-state index >= 15 is 0 Å². The zero-order valence-corrected chi connectivity index (χ0v) is 16.5. The Bertz CT molecular complexity index is 791. The highest BCUT2D eigenvalue weighted by Crippen LogP contribution is 2.41. The number of rotatable bonds is 7. The van der Waals surface area contributed by atoms with E-state index in [0.29, 0.717) is 16.7 Å². The van der Waals surface area contributed by atoms with Gasteiger partial charge in [-0.2, -0.15) is 0 Å². The van der Waals surface area contributed by atoms with Gasteiger partial charge in [-0.15, -0.1) is 0 Å². The number of nitrogens with one attached hydrogen (secondary N) is 2. The summed E-state index contributed by atoms with van der Waals surface area (Å²) in [5.74, 6) is 1.90. The molecule has 0 heterocycles. The summed E-state index contributed by atoms with van der Waals surface area (Å²) in [6.07, 6.45) is 2.24. The lowest BCUT2D eigenvalue weighted by Crippen LogP contribution is -2.40. The molecule has 0 radical (unpaired) electrons. The van der Waals surface area contributed by atoms with Crippen LogP contribution in [0.15, 0.2) is 42.5 Å². The molecule has 1 fully saturated rings. The van der Waals surface area contributed by atoms with Crippen LogP contribution in [0.5, 0.6) is 11.5 Å². The Morgan fingerprint density at radius 3 is 2.37 bits per heavy atom. The lowest BCUT2D eigenvalue weighted by Gasteiger charge is -2.22. The number of urea groups is 1. The van der Waals surface area contributed by atoms with E-state index < -0.39 is 0 Å². The smallest absolute Gasteiger partial charge is 0.315 e. The molecule has 0 bridgehead atoms. The average molecular weight is 389 g/mol. The highest BCUT2D eigenvalue weighted by molar-refractivity contribution is 6.30. The van der Waals surface area contributed by atoms with Crippen molar-refractivity contribution in [1.82, 2.24) is 10.6 Å². The van der Waals surface area contributed by atoms with Gasteiger partial charge < -0.3 is 20.1 Å². The fourth-order valence-electron chi connectivity index (χ4n) is 3.21. The van der Waals surface area contributed by atoms with Crippen molar-refractivity contribution in [2.24, 2.45) is 5.92 Å². The van der Waals surface area contributed by atoms with Crippen LogP contribution in [0.3, 0.4) is 0 Å². The number of ether oxygens (including phenoxy) is 2. The van der Waals surface area contributed by atoms with Crippen LogP contribution in [-0.2, 0) is 0 Å². The molecule has 144 valence electrons. The van der Waals surface area contributed by atoms with Crippen LogP contribution in [0.4, 0.5) is 4.79 Å². The Morgan fingerprint density at radius 1 is 1.07 bits per heavy atom. The summed E-state index contributed by atoms with van der Waals surface area (Å²) in [6, 6.07) is 12.7. The summed E-state index contributed by atoms with van der Waals surface area (Å²) in [5, 5.41) is 6.81. The van der Waals surface area contributed by atoms with Gasteiger partial charge in [0.25, 0.3) is 0 Å². The summed E-state index contributed by atoms with van der Waals surface area (Å²) < 4.78 is 10.7. The van der Waals surface area contributed by atoms with E-state index in [1.165, 1.54) is 0 Å². The number of halogens is 1. The second-order valence-electron chi connectivity index (χ2n) is 6.81. The van der Waals surface area contributed by atoms with Crippen molar-refractivity contribution in [3.05, 3.63) is 58.6 Å². The molecule has 2 atom stereocenters. The largest absolute Gasteiger partial charge is 0.497 e. The third-order valence-electron chi connectivity index (χ3n) is 4.86. The van der Waals surface area contributed by atoms with Crippen molar-refractivity contribution in [1.29, 1.82) is 0 Å². The molecule has 0 aliphatic heterocycles. The molecule has 0 aromatic heterocycles. The molecular weight excluding hydrogens is 364 g/mol. The maximum absolute atomic E-state index is 12.6. The summed E-state index contributed by atoms with van der Waals surface area (Å²) >= 11 is 5.99. The fourth-order valence-corrected chi connectivity index (χ4v) is 3.33. The van der Waals surface area contributed by atoms with Gasteiger partial charge in [-0.3, -0.25) is 0 Å². The van der Waals surface area contributed by atoms with Gasteiger partial charge in [-0.05, 0) is 61.6 Å². The molecule has 2 aromatic carbocycles. The molecule has 1 saturated carbocycles. The molecule has 0 unspecified atom stereocenters. The Kier molecular flexibility index (Phi) is 6.11. The molecule has 1 aliphatic carbocycles. The van der Waals surface area contributed by atoms with E-state index in [1.807, 2.05) is 49.4 Å². The maximum Gasteiger partial charge on any atom is 0.315 e. The average Bonchev–Trinajstić information content (AvgIpc) is 3.51. The van der Waals surface area contributed by atoms with Crippen LogP contribution < -0.4 is 20.1 Å². The van der Waals surface area contributed by atoms with Gasteiger partial charge in [-0.1, -0.05) is 23.7 Å². The van der Waals surface area contributed by atoms with Crippen molar-refractivity contribution < 1.29 is 14.3 Å². The molecule has 0 saturated heterocycles. The first kappa shape index (κ1) is 19.4. The fraction of sp³-hybridized carbons (Fsp3) is 0.381. The number of benzene rings is 2. The predicted molar refractivity (Wildman–Crippen MR) is 107 cm³/mol. The van der Waals surface area contributed by atoms with Crippen molar-refractivity contribution in [2.45, 2.75) is 31.8 Å². The number of methoxy groups -OCH3 is 2. The van der Waals surface area contributed by atoms with Gasteiger partial charge in [0.15, 0.2) is 0 Å². The Hall–Kier alpha value is -2.40. The Balaban J connectivity index is 1.70. The van der Waals surface area contributed by atoms with E-state index in [2.05, 4.69) is 10.6 Å². The predicted octanol–water partition coefficient (Wildman–Crippen LogP) is 4.87. The normalized spacial score (nSPS) is 15.6. The zero-order chi connectivity index (χ0) is 19.4. The lowest BCUT2D eigenvalue weighted by molar-refractivity contribution is 0.232. The summed E-state index contributed by atoms with van der Waals surface area (Å²) in [6.45, 7) is 1.92. The minimum atomic E-state index is -0.236. The number of amides is 2. The molecule has 1 aliphatic rings. The van der Waals surface area contributed by atoms with Crippen LogP contribution in [0.2, 0.25) is 5.02 Å². The second-order valence-corrected chi connectivity index (χ2v) is 7.25. The van der Waals surface area contributed by atoms with Crippen LogP contribution in [-0.4, -0.2) is 20.3 Å². The van der Waals surface area contributed by atoms with Gasteiger partial charge in [0.05, 0.1) is 26.3 Å². The standard InChI is InChI=1S/C21H25ClN2O3/c1-13(18-12-17(26-2)10-11-19(18)27-3)23-21(25)24-20(14-4-5-14)15-6-8-16(22)9-7-15/h6-14,20H,4-5H2,1-3H3,(H2,23,24,25)/t13-,20+/m0/s1. The highest BCUT2D eigenvalue weighted by atomic mass is 35.5. The Labute approximate surface area is 165 Å². The van der Waals surface area contributed by atoms with Gasteiger partial charge in [0, 0.05) is 10.6 Å². The zero-order valence-electron chi connectivity index (χ0n) is 15.8. The number of carbonyl (C=O) groups is 1. The van der Waals surface area contributed by atoms with E-state index in [0.717, 1.165) is 29.7 Å². The Morgan fingerprint density at radius 2 is 1.78 bits per heavy atom. The minimum absolute atomic E-state index is 0.0123. The first-order valence-electron chi connectivity index (χ1n) is 9.06. The molecule has 5 nitrogen and oxygen atoms in total. The van der Waals surface area contributed by atoms with E-state index in [4.69, 9.17) is 21.1 Å². The van der Waals surface area contributed by atoms with Crippen LogP contribution in [0.25, 0.3) is 0 Å². The van der Waals surface area contributed by atoms with E-state index in [1.54, 1.807) is 14.2 Å². The second kappa shape index (κ2) is 8.53. The van der Waals surface area contributed by atoms with Crippen LogP contribution in [0.1, 0.15) is 43.0 Å². The first-order valence-corrected chi connectivity index (χ1v) is 9.44. The maximum atomic E-state index is 12.6. The van der Waals surface area contributed by atoms with Gasteiger partial charge in [0.1, 0.15) is 11.5 Å². The quantitative estimate of drug-likeness (QED) is 0.711. The van der Waals surface area contributed by atoms with Crippen molar-refractivity contribution in [3.8, 4) is 11.5 Å². The number of carbonyl (C=O) groups excluding carboxylic acids is 1. The van der Waals surface area contributed by atoms with E-state index in [-0.39, 0.29) is 18.1 Å². The topological polar surface area (TPSA) is 59.6 Å². The molecule has 6 heteroatoms. The minimum Gasteiger partial charge on any atom is -0.497 e. The lowest BCUT2D eigenvalue weighted by atomic mass is 10.0. The molecular formula is C21H25ClN2O3. The third-order valence-corrected chi connectivity index (χ3v) is 5.11. The van der Waals surface area contributed by atoms with Crippen molar-refractivity contribution in [2.75, 3.05) is 14.2 Å². The molecule has 0 spiro atoms.